The van der Waals surface area contributed by atoms with Crippen molar-refractivity contribution >= 4 is 22.9 Å². The third kappa shape index (κ3) is 3.64. The lowest BCUT2D eigenvalue weighted by atomic mass is 10.1. The van der Waals surface area contributed by atoms with E-state index in [1.807, 2.05) is 0 Å². The molecule has 0 amide bonds. The zero-order valence-electron chi connectivity index (χ0n) is 10.7. The number of hydrogen-bond donors (Lipinski definition) is 3. The van der Waals surface area contributed by atoms with Gasteiger partial charge in [-0.05, 0) is 31.0 Å². The quantitative estimate of drug-likeness (QED) is 0.589. The summed E-state index contributed by atoms with van der Waals surface area (Å²) in [5.74, 6) is -0.387. The van der Waals surface area contributed by atoms with Crippen molar-refractivity contribution in [3.05, 3.63) is 29.6 Å². The van der Waals surface area contributed by atoms with E-state index in [0.29, 0.717) is 11.3 Å². The molecule has 0 saturated heterocycles. The molecule has 0 bridgehead atoms. The van der Waals surface area contributed by atoms with Crippen molar-refractivity contribution in [3.8, 4) is 0 Å². The second kappa shape index (κ2) is 6.30. The summed E-state index contributed by atoms with van der Waals surface area (Å²) in [6.45, 7) is 0. The summed E-state index contributed by atoms with van der Waals surface area (Å²) in [5, 5.41) is 13.1. The summed E-state index contributed by atoms with van der Waals surface area (Å²) < 4.78 is 13.9. The van der Waals surface area contributed by atoms with Gasteiger partial charge in [-0.3, -0.25) is 0 Å². The number of halogens is 1. The molecule has 1 fully saturated rings. The summed E-state index contributed by atoms with van der Waals surface area (Å²) in [5.41, 5.74) is 6.37. The SMILES string of the molecule is NC(=S)c1ccc(NC2CCCCCC2O)c(F)c1. The standard InChI is InChI=1S/C14H19FN2OS/c15-10-8-9(14(16)19)6-7-11(10)17-12-4-2-1-3-5-13(12)18/h6-8,12-13,17-18H,1-5H2,(H2,16,19). The van der Waals surface area contributed by atoms with E-state index >= 15 is 0 Å². The molecule has 1 saturated carbocycles. The largest absolute Gasteiger partial charge is 0.391 e. The predicted molar refractivity (Wildman–Crippen MR) is 78.8 cm³/mol. The van der Waals surface area contributed by atoms with Gasteiger partial charge in [0.25, 0.3) is 0 Å². The van der Waals surface area contributed by atoms with Gasteiger partial charge in [0.15, 0.2) is 0 Å². The number of aliphatic hydroxyl groups excluding tert-OH is 1. The van der Waals surface area contributed by atoms with Gasteiger partial charge in [-0.15, -0.1) is 0 Å². The van der Waals surface area contributed by atoms with Crippen LogP contribution in [0.25, 0.3) is 0 Å². The second-order valence-electron chi connectivity index (χ2n) is 5.02. The van der Waals surface area contributed by atoms with Gasteiger partial charge >= 0.3 is 0 Å². The highest BCUT2D eigenvalue weighted by Gasteiger charge is 2.22. The predicted octanol–water partition coefficient (Wildman–Crippen LogP) is 2.57. The molecule has 104 valence electrons. The average molecular weight is 282 g/mol. The number of aliphatic hydroxyl groups is 1. The Morgan fingerprint density at radius 1 is 1.32 bits per heavy atom. The first-order valence-corrected chi connectivity index (χ1v) is 7.02. The van der Waals surface area contributed by atoms with Gasteiger partial charge in [-0.25, -0.2) is 4.39 Å². The third-order valence-electron chi connectivity index (χ3n) is 3.57. The van der Waals surface area contributed by atoms with Gasteiger partial charge in [0.05, 0.1) is 17.8 Å². The molecule has 2 unspecified atom stereocenters. The molecular weight excluding hydrogens is 263 g/mol. The van der Waals surface area contributed by atoms with E-state index in [1.54, 1.807) is 12.1 Å². The molecule has 1 aliphatic carbocycles. The number of rotatable bonds is 3. The summed E-state index contributed by atoms with van der Waals surface area (Å²) in [6.07, 6.45) is 4.42. The zero-order chi connectivity index (χ0) is 13.8. The fraction of sp³-hybridized carbons (Fsp3) is 0.500. The Morgan fingerprint density at radius 3 is 2.74 bits per heavy atom. The molecule has 4 N–H and O–H groups in total. The van der Waals surface area contributed by atoms with Gasteiger partial charge < -0.3 is 16.2 Å². The fourth-order valence-electron chi connectivity index (χ4n) is 2.44. The lowest BCUT2D eigenvalue weighted by Crippen LogP contribution is -2.32. The van der Waals surface area contributed by atoms with Crippen molar-refractivity contribution < 1.29 is 9.50 Å². The Kier molecular flexibility index (Phi) is 4.71. The van der Waals surface area contributed by atoms with Crippen LogP contribution >= 0.6 is 12.2 Å². The minimum Gasteiger partial charge on any atom is -0.391 e. The Hall–Kier alpha value is -1.20. The van der Waals surface area contributed by atoms with E-state index in [9.17, 15) is 9.50 Å². The molecule has 3 nitrogen and oxygen atoms in total. The smallest absolute Gasteiger partial charge is 0.146 e. The highest BCUT2D eigenvalue weighted by atomic mass is 32.1. The fourth-order valence-corrected chi connectivity index (χ4v) is 2.57. The van der Waals surface area contributed by atoms with E-state index in [1.165, 1.54) is 6.07 Å². The van der Waals surface area contributed by atoms with Gasteiger partial charge in [-0.2, -0.15) is 0 Å². The molecule has 1 aromatic carbocycles. The van der Waals surface area contributed by atoms with Gasteiger partial charge in [0.2, 0.25) is 0 Å². The van der Waals surface area contributed by atoms with Crippen molar-refractivity contribution in [2.24, 2.45) is 5.73 Å². The third-order valence-corrected chi connectivity index (χ3v) is 3.81. The Labute approximate surface area is 118 Å². The maximum absolute atomic E-state index is 13.9. The lowest BCUT2D eigenvalue weighted by Gasteiger charge is -2.23. The lowest BCUT2D eigenvalue weighted by molar-refractivity contribution is 0.144. The van der Waals surface area contributed by atoms with Crippen LogP contribution in [0.1, 0.15) is 37.7 Å². The monoisotopic (exact) mass is 282 g/mol. The van der Waals surface area contributed by atoms with Gasteiger partial charge in [-0.1, -0.05) is 31.5 Å². The number of hydrogen-bond acceptors (Lipinski definition) is 3. The molecule has 0 aromatic heterocycles. The van der Waals surface area contributed by atoms with Gasteiger partial charge in [0.1, 0.15) is 10.8 Å². The molecule has 2 atom stereocenters. The molecule has 1 aromatic rings. The molecule has 1 aliphatic rings. The van der Waals surface area contributed by atoms with E-state index in [0.717, 1.165) is 32.1 Å². The van der Waals surface area contributed by atoms with Crippen LogP contribution in [-0.2, 0) is 0 Å². The summed E-state index contributed by atoms with van der Waals surface area (Å²) in [6, 6.07) is 4.55. The Morgan fingerprint density at radius 2 is 2.05 bits per heavy atom. The minimum absolute atomic E-state index is 0.0901. The first-order valence-electron chi connectivity index (χ1n) is 6.62. The number of nitrogens with one attached hydrogen (secondary N) is 1. The summed E-state index contributed by atoms with van der Waals surface area (Å²) in [4.78, 5) is 0.181. The summed E-state index contributed by atoms with van der Waals surface area (Å²) >= 11 is 4.81. The average Bonchev–Trinajstić information content (AvgIpc) is 2.57. The van der Waals surface area contributed by atoms with E-state index in [2.05, 4.69) is 5.32 Å². The highest BCUT2D eigenvalue weighted by Crippen LogP contribution is 2.23. The maximum atomic E-state index is 13.9. The van der Waals surface area contributed by atoms with Crippen LogP contribution in [0, 0.1) is 5.82 Å². The van der Waals surface area contributed by atoms with Crippen LogP contribution in [0.3, 0.4) is 0 Å². The molecule has 0 aliphatic heterocycles. The second-order valence-corrected chi connectivity index (χ2v) is 5.45. The summed E-state index contributed by atoms with van der Waals surface area (Å²) in [7, 11) is 0. The number of benzene rings is 1. The van der Waals surface area contributed by atoms with Crippen molar-refractivity contribution in [2.75, 3.05) is 5.32 Å². The van der Waals surface area contributed by atoms with Crippen LogP contribution in [0.15, 0.2) is 18.2 Å². The molecule has 0 heterocycles. The first-order chi connectivity index (χ1) is 9.08. The van der Waals surface area contributed by atoms with Gasteiger partial charge in [0, 0.05) is 5.56 Å². The van der Waals surface area contributed by atoms with Crippen molar-refractivity contribution in [1.29, 1.82) is 0 Å². The van der Waals surface area contributed by atoms with E-state index < -0.39 is 6.10 Å². The minimum atomic E-state index is -0.419. The normalized spacial score (nSPS) is 23.7. The van der Waals surface area contributed by atoms with Crippen LogP contribution < -0.4 is 11.1 Å². The molecule has 0 radical (unpaired) electrons. The first kappa shape index (κ1) is 14.2. The maximum Gasteiger partial charge on any atom is 0.146 e. The number of thiocarbonyl (C=S) groups is 1. The number of anilines is 1. The topological polar surface area (TPSA) is 58.3 Å². The van der Waals surface area contributed by atoms with Crippen LogP contribution in [0.5, 0.6) is 0 Å². The van der Waals surface area contributed by atoms with Crippen LogP contribution in [0.2, 0.25) is 0 Å². The van der Waals surface area contributed by atoms with Crippen LogP contribution in [0.4, 0.5) is 10.1 Å². The molecule has 0 spiro atoms. The molecule has 19 heavy (non-hydrogen) atoms. The van der Waals surface area contributed by atoms with E-state index in [-0.39, 0.29) is 16.8 Å². The molecular formula is C14H19FN2OS. The van der Waals surface area contributed by atoms with Crippen molar-refractivity contribution in [1.82, 2.24) is 0 Å². The number of nitrogens with two attached hydrogens (primary N) is 1. The molecule has 2 rings (SSSR count). The Balaban J connectivity index is 2.11. The van der Waals surface area contributed by atoms with E-state index in [4.69, 9.17) is 18.0 Å². The zero-order valence-corrected chi connectivity index (χ0v) is 11.5. The Bertz CT molecular complexity index is 467. The molecule has 5 heteroatoms. The van der Waals surface area contributed by atoms with Crippen LogP contribution in [-0.4, -0.2) is 22.2 Å². The highest BCUT2D eigenvalue weighted by molar-refractivity contribution is 7.80. The van der Waals surface area contributed by atoms with Crippen molar-refractivity contribution in [2.45, 2.75) is 44.2 Å². The van der Waals surface area contributed by atoms with Crippen molar-refractivity contribution in [3.63, 3.8) is 0 Å².